The first-order valence-electron chi connectivity index (χ1n) is 5.43. The topological polar surface area (TPSA) is 34.0 Å². The molecule has 1 N–H and O–H groups in total. The standard InChI is InChI=1S/C11H18N2OS/c1-13-5-2-10(9-13)8-12-11-3-6-15(14)7-4-11/h2,5,9,11-12H,3-4,6-8H2,1H3. The van der Waals surface area contributed by atoms with Crippen molar-refractivity contribution in [2.75, 3.05) is 11.5 Å². The molecule has 0 radical (unpaired) electrons. The van der Waals surface area contributed by atoms with E-state index >= 15 is 0 Å². The number of aryl methyl sites for hydroxylation is 1. The molecule has 1 aromatic heterocycles. The van der Waals surface area contributed by atoms with Gasteiger partial charge in [-0.15, -0.1) is 0 Å². The van der Waals surface area contributed by atoms with E-state index in [2.05, 4.69) is 28.3 Å². The SMILES string of the molecule is Cn1ccc(CNC2CCS(=O)CC2)c1. The van der Waals surface area contributed by atoms with Crippen molar-refractivity contribution in [2.24, 2.45) is 7.05 Å². The molecule has 0 atom stereocenters. The molecule has 0 bridgehead atoms. The van der Waals surface area contributed by atoms with Crippen LogP contribution in [0, 0.1) is 0 Å². The Balaban J connectivity index is 1.76. The van der Waals surface area contributed by atoms with E-state index in [0.717, 1.165) is 30.9 Å². The molecule has 1 aromatic rings. The summed E-state index contributed by atoms with van der Waals surface area (Å²) in [6.07, 6.45) is 6.31. The Morgan fingerprint density at radius 2 is 2.27 bits per heavy atom. The van der Waals surface area contributed by atoms with Gasteiger partial charge < -0.3 is 9.88 Å². The molecule has 0 unspecified atom stereocenters. The third-order valence-electron chi connectivity index (χ3n) is 2.88. The van der Waals surface area contributed by atoms with Crippen LogP contribution in [0.2, 0.25) is 0 Å². The Hall–Kier alpha value is -0.610. The van der Waals surface area contributed by atoms with Gasteiger partial charge in [0.2, 0.25) is 0 Å². The lowest BCUT2D eigenvalue weighted by atomic mass is 10.1. The summed E-state index contributed by atoms with van der Waals surface area (Å²) in [4.78, 5) is 0. The second-order valence-electron chi connectivity index (χ2n) is 4.19. The third kappa shape index (κ3) is 3.18. The van der Waals surface area contributed by atoms with Crippen molar-refractivity contribution >= 4 is 10.8 Å². The molecule has 4 heteroatoms. The predicted octanol–water partition coefficient (Wildman–Crippen LogP) is 1.03. The second-order valence-corrected chi connectivity index (χ2v) is 5.88. The highest BCUT2D eigenvalue weighted by molar-refractivity contribution is 7.85. The van der Waals surface area contributed by atoms with Crippen molar-refractivity contribution in [1.82, 2.24) is 9.88 Å². The molecule has 1 aliphatic heterocycles. The van der Waals surface area contributed by atoms with E-state index in [4.69, 9.17) is 0 Å². The average Bonchev–Trinajstić information content (AvgIpc) is 2.64. The Kier molecular flexibility index (Phi) is 3.59. The minimum atomic E-state index is -0.549. The quantitative estimate of drug-likeness (QED) is 0.835. The van der Waals surface area contributed by atoms with E-state index in [1.807, 2.05) is 7.05 Å². The Morgan fingerprint density at radius 1 is 1.53 bits per heavy atom. The Morgan fingerprint density at radius 3 is 2.87 bits per heavy atom. The van der Waals surface area contributed by atoms with Crippen LogP contribution in [-0.2, 0) is 24.4 Å². The Labute approximate surface area is 93.3 Å². The largest absolute Gasteiger partial charge is 0.357 e. The van der Waals surface area contributed by atoms with Gasteiger partial charge in [0.1, 0.15) is 0 Å². The van der Waals surface area contributed by atoms with Crippen LogP contribution in [0.25, 0.3) is 0 Å². The van der Waals surface area contributed by atoms with Crippen molar-refractivity contribution in [2.45, 2.75) is 25.4 Å². The molecule has 84 valence electrons. The number of hydrogen-bond donors (Lipinski definition) is 1. The van der Waals surface area contributed by atoms with Gasteiger partial charge in [-0.25, -0.2) is 0 Å². The summed E-state index contributed by atoms with van der Waals surface area (Å²) in [5.41, 5.74) is 1.32. The molecule has 15 heavy (non-hydrogen) atoms. The fraction of sp³-hybridized carbons (Fsp3) is 0.636. The van der Waals surface area contributed by atoms with E-state index in [1.165, 1.54) is 5.56 Å². The van der Waals surface area contributed by atoms with Crippen LogP contribution in [0.5, 0.6) is 0 Å². The summed E-state index contributed by atoms with van der Waals surface area (Å²) in [6.45, 7) is 0.929. The maximum atomic E-state index is 11.2. The highest BCUT2D eigenvalue weighted by Crippen LogP contribution is 2.10. The molecule has 1 saturated heterocycles. The van der Waals surface area contributed by atoms with Gasteiger partial charge in [0.15, 0.2) is 0 Å². The van der Waals surface area contributed by atoms with Gasteiger partial charge in [-0.2, -0.15) is 0 Å². The van der Waals surface area contributed by atoms with Crippen LogP contribution in [0.3, 0.4) is 0 Å². The third-order valence-corrected chi connectivity index (χ3v) is 4.26. The maximum absolute atomic E-state index is 11.2. The second kappa shape index (κ2) is 4.94. The molecule has 1 aliphatic rings. The van der Waals surface area contributed by atoms with Gasteiger partial charge in [0.25, 0.3) is 0 Å². The first kappa shape index (κ1) is 10.9. The zero-order valence-electron chi connectivity index (χ0n) is 9.11. The zero-order chi connectivity index (χ0) is 10.7. The number of hydrogen-bond acceptors (Lipinski definition) is 2. The molecular formula is C11H18N2OS. The van der Waals surface area contributed by atoms with Crippen molar-refractivity contribution in [1.29, 1.82) is 0 Å². The summed E-state index contributed by atoms with van der Waals surface area (Å²) in [5.74, 6) is 1.74. The molecule has 3 nitrogen and oxygen atoms in total. The molecular weight excluding hydrogens is 208 g/mol. The monoisotopic (exact) mass is 226 g/mol. The molecule has 1 fully saturated rings. The Bertz CT molecular complexity index is 338. The molecule has 0 saturated carbocycles. The average molecular weight is 226 g/mol. The summed E-state index contributed by atoms with van der Waals surface area (Å²) in [7, 11) is 1.49. The number of aromatic nitrogens is 1. The van der Waals surface area contributed by atoms with Crippen LogP contribution in [0.15, 0.2) is 18.5 Å². The first-order valence-corrected chi connectivity index (χ1v) is 6.92. The fourth-order valence-corrected chi connectivity index (χ4v) is 3.22. The highest BCUT2D eigenvalue weighted by Gasteiger charge is 2.16. The van der Waals surface area contributed by atoms with Crippen LogP contribution < -0.4 is 5.32 Å². The van der Waals surface area contributed by atoms with Gasteiger partial charge in [0.05, 0.1) is 0 Å². The zero-order valence-corrected chi connectivity index (χ0v) is 9.93. The minimum absolute atomic E-state index is 0.549. The van der Waals surface area contributed by atoms with E-state index in [1.54, 1.807) is 0 Å². The van der Waals surface area contributed by atoms with Gasteiger partial charge >= 0.3 is 0 Å². The van der Waals surface area contributed by atoms with Gasteiger partial charge in [-0.1, -0.05) is 0 Å². The van der Waals surface area contributed by atoms with Gasteiger partial charge in [-0.05, 0) is 24.5 Å². The summed E-state index contributed by atoms with van der Waals surface area (Å²) in [5, 5.41) is 3.52. The maximum Gasteiger partial charge on any atom is 0.0249 e. The molecule has 0 amide bonds. The van der Waals surface area contributed by atoms with Gasteiger partial charge in [0, 0.05) is 54.3 Å². The molecule has 2 heterocycles. The van der Waals surface area contributed by atoms with Crippen LogP contribution in [-0.4, -0.2) is 26.3 Å². The van der Waals surface area contributed by atoms with Crippen molar-refractivity contribution in [3.63, 3.8) is 0 Å². The van der Waals surface area contributed by atoms with Gasteiger partial charge in [-0.3, -0.25) is 4.21 Å². The van der Waals surface area contributed by atoms with E-state index in [-0.39, 0.29) is 0 Å². The van der Waals surface area contributed by atoms with E-state index in [0.29, 0.717) is 6.04 Å². The van der Waals surface area contributed by atoms with Crippen LogP contribution in [0.4, 0.5) is 0 Å². The van der Waals surface area contributed by atoms with E-state index < -0.39 is 10.8 Å². The van der Waals surface area contributed by atoms with Crippen molar-refractivity contribution in [3.8, 4) is 0 Å². The number of nitrogens with one attached hydrogen (secondary N) is 1. The number of nitrogens with zero attached hydrogens (tertiary/aromatic N) is 1. The highest BCUT2D eigenvalue weighted by atomic mass is 32.2. The lowest BCUT2D eigenvalue weighted by Crippen LogP contribution is -2.35. The first-order chi connectivity index (χ1) is 7.24. The van der Waals surface area contributed by atoms with Crippen LogP contribution >= 0.6 is 0 Å². The normalized spacial score (nSPS) is 26.7. The van der Waals surface area contributed by atoms with Crippen molar-refractivity contribution < 1.29 is 4.21 Å². The molecule has 0 aliphatic carbocycles. The molecule has 2 rings (SSSR count). The smallest absolute Gasteiger partial charge is 0.0249 e. The lowest BCUT2D eigenvalue weighted by molar-refractivity contribution is 0.475. The summed E-state index contributed by atoms with van der Waals surface area (Å²) in [6, 6.07) is 2.69. The summed E-state index contributed by atoms with van der Waals surface area (Å²) < 4.78 is 13.2. The van der Waals surface area contributed by atoms with Crippen molar-refractivity contribution in [3.05, 3.63) is 24.0 Å². The fourth-order valence-electron chi connectivity index (χ4n) is 1.93. The minimum Gasteiger partial charge on any atom is -0.357 e. The molecule has 0 spiro atoms. The molecule has 0 aromatic carbocycles. The summed E-state index contributed by atoms with van der Waals surface area (Å²) >= 11 is 0. The van der Waals surface area contributed by atoms with Crippen LogP contribution in [0.1, 0.15) is 18.4 Å². The predicted molar refractivity (Wildman–Crippen MR) is 63.2 cm³/mol. The number of rotatable bonds is 3. The van der Waals surface area contributed by atoms with E-state index in [9.17, 15) is 4.21 Å². The lowest BCUT2D eigenvalue weighted by Gasteiger charge is -2.22.